The lowest BCUT2D eigenvalue weighted by Gasteiger charge is -2.19. The van der Waals surface area contributed by atoms with Gasteiger partial charge in [0.25, 0.3) is 5.91 Å². The average Bonchev–Trinajstić information content (AvgIpc) is 2.64. The van der Waals surface area contributed by atoms with Crippen LogP contribution in [0.25, 0.3) is 0 Å². The Morgan fingerprint density at radius 3 is 2.70 bits per heavy atom. The third-order valence-electron chi connectivity index (χ3n) is 3.42. The van der Waals surface area contributed by atoms with E-state index in [-0.39, 0.29) is 11.9 Å². The molecule has 0 aromatic carbocycles. The van der Waals surface area contributed by atoms with Gasteiger partial charge in [0.2, 0.25) is 0 Å². The van der Waals surface area contributed by atoms with E-state index in [1.165, 1.54) is 4.90 Å². The Hall–Kier alpha value is -1.79. The lowest BCUT2D eigenvalue weighted by atomic mass is 9.99. The molecule has 1 fully saturated rings. The van der Waals surface area contributed by atoms with Crippen molar-refractivity contribution in [1.29, 1.82) is 0 Å². The molecule has 0 aliphatic carbocycles. The topological polar surface area (TPSA) is 99.8 Å². The average molecular weight is 283 g/mol. The lowest BCUT2D eigenvalue weighted by molar-refractivity contribution is -0.130. The molecule has 1 atom stereocenters. The number of nitrogens with zero attached hydrogens (tertiary/aromatic N) is 2. The quantitative estimate of drug-likeness (QED) is 0.273. The molecule has 1 aliphatic heterocycles. The molecule has 1 unspecified atom stereocenters. The lowest BCUT2D eigenvalue weighted by Crippen LogP contribution is -2.43. The molecule has 114 valence electrons. The van der Waals surface area contributed by atoms with Gasteiger partial charge >= 0.3 is 6.03 Å². The zero-order chi connectivity index (χ0) is 15.2. The van der Waals surface area contributed by atoms with Gasteiger partial charge in [-0.1, -0.05) is 13.8 Å². The molecule has 0 saturated carbocycles. The maximum Gasteiger partial charge on any atom is 0.325 e. The summed E-state index contributed by atoms with van der Waals surface area (Å²) in [4.78, 5) is 29.2. The molecule has 0 aromatic heterocycles. The van der Waals surface area contributed by atoms with Crippen molar-refractivity contribution in [1.82, 2.24) is 15.5 Å². The van der Waals surface area contributed by atoms with Gasteiger partial charge in [-0.2, -0.15) is 0 Å². The molecular formula is C13H25N5O2. The zero-order valence-electron chi connectivity index (χ0n) is 12.5. The fourth-order valence-corrected chi connectivity index (χ4v) is 1.93. The van der Waals surface area contributed by atoms with E-state index in [0.717, 1.165) is 6.42 Å². The molecule has 1 rings (SSSR count). The molecule has 4 N–H and O–H groups in total. The first-order valence-corrected chi connectivity index (χ1v) is 7.12. The van der Waals surface area contributed by atoms with Crippen LogP contribution in [0.4, 0.5) is 4.79 Å². The molecule has 3 amide bonds. The predicted molar refractivity (Wildman–Crippen MR) is 78.3 cm³/mol. The Bertz CT molecular complexity index is 396. The number of aliphatic imine (C=N–C) groups is 1. The molecular weight excluding hydrogens is 258 g/mol. The molecule has 1 heterocycles. The summed E-state index contributed by atoms with van der Waals surface area (Å²) in [5, 5.41) is 5.69. The minimum absolute atomic E-state index is 0.155. The second-order valence-electron chi connectivity index (χ2n) is 5.12. The van der Waals surface area contributed by atoms with E-state index in [9.17, 15) is 9.59 Å². The molecule has 7 nitrogen and oxygen atoms in total. The fourth-order valence-electron chi connectivity index (χ4n) is 1.93. The Morgan fingerprint density at radius 2 is 2.15 bits per heavy atom. The highest BCUT2D eigenvalue weighted by Crippen LogP contribution is 2.20. The van der Waals surface area contributed by atoms with Gasteiger partial charge in [-0.3, -0.25) is 14.7 Å². The highest BCUT2D eigenvalue weighted by Gasteiger charge is 2.45. The number of carbonyl (C=O) groups is 2. The Morgan fingerprint density at radius 1 is 1.45 bits per heavy atom. The Balaban J connectivity index is 2.36. The van der Waals surface area contributed by atoms with Gasteiger partial charge in [0, 0.05) is 19.6 Å². The molecule has 0 bridgehead atoms. The third-order valence-corrected chi connectivity index (χ3v) is 3.42. The van der Waals surface area contributed by atoms with Gasteiger partial charge in [0.15, 0.2) is 5.96 Å². The van der Waals surface area contributed by atoms with Gasteiger partial charge < -0.3 is 16.4 Å². The van der Waals surface area contributed by atoms with Crippen molar-refractivity contribution >= 4 is 17.9 Å². The summed E-state index contributed by atoms with van der Waals surface area (Å²) < 4.78 is 0. The van der Waals surface area contributed by atoms with Crippen molar-refractivity contribution in [3.8, 4) is 0 Å². The highest BCUT2D eigenvalue weighted by atomic mass is 16.2. The van der Waals surface area contributed by atoms with Crippen molar-refractivity contribution in [3.05, 3.63) is 0 Å². The Labute approximate surface area is 120 Å². The van der Waals surface area contributed by atoms with Crippen molar-refractivity contribution in [2.45, 2.75) is 45.6 Å². The van der Waals surface area contributed by atoms with Crippen molar-refractivity contribution in [3.63, 3.8) is 0 Å². The van der Waals surface area contributed by atoms with Crippen LogP contribution >= 0.6 is 0 Å². The number of hydrogen-bond acceptors (Lipinski definition) is 3. The van der Waals surface area contributed by atoms with Gasteiger partial charge in [-0.05, 0) is 26.2 Å². The molecule has 1 saturated heterocycles. The normalized spacial score (nSPS) is 23.1. The maximum atomic E-state index is 12.1. The van der Waals surface area contributed by atoms with Gasteiger partial charge in [0.1, 0.15) is 5.54 Å². The number of guanidine groups is 1. The second kappa shape index (κ2) is 7.12. The third kappa shape index (κ3) is 3.85. The first kappa shape index (κ1) is 16.3. The predicted octanol–water partition coefficient (Wildman–Crippen LogP) is 0.411. The minimum Gasteiger partial charge on any atom is -0.370 e. The van der Waals surface area contributed by atoms with E-state index in [0.29, 0.717) is 38.4 Å². The van der Waals surface area contributed by atoms with E-state index >= 15 is 0 Å². The van der Waals surface area contributed by atoms with Gasteiger partial charge in [-0.25, -0.2) is 4.79 Å². The second-order valence-corrected chi connectivity index (χ2v) is 5.12. The van der Waals surface area contributed by atoms with Crippen molar-refractivity contribution in [2.24, 2.45) is 10.7 Å². The summed E-state index contributed by atoms with van der Waals surface area (Å²) in [6.07, 6.45) is 2.17. The zero-order valence-corrected chi connectivity index (χ0v) is 12.5. The van der Waals surface area contributed by atoms with Crippen LogP contribution in [0.2, 0.25) is 0 Å². The van der Waals surface area contributed by atoms with E-state index in [1.54, 1.807) is 6.92 Å². The van der Waals surface area contributed by atoms with E-state index in [1.807, 2.05) is 13.8 Å². The van der Waals surface area contributed by atoms with Crippen LogP contribution in [0.5, 0.6) is 0 Å². The Kier molecular flexibility index (Phi) is 5.79. The van der Waals surface area contributed by atoms with Gasteiger partial charge in [0.05, 0.1) is 0 Å². The number of nitrogens with two attached hydrogens (primary N) is 1. The number of urea groups is 1. The summed E-state index contributed by atoms with van der Waals surface area (Å²) in [5.74, 6) is 0.250. The van der Waals surface area contributed by atoms with Crippen LogP contribution in [-0.2, 0) is 4.79 Å². The van der Waals surface area contributed by atoms with E-state index < -0.39 is 5.54 Å². The molecule has 1 aliphatic rings. The minimum atomic E-state index is -0.758. The number of hydrogen-bond donors (Lipinski definition) is 3. The number of nitrogens with one attached hydrogen (secondary N) is 2. The van der Waals surface area contributed by atoms with Crippen LogP contribution < -0.4 is 16.4 Å². The van der Waals surface area contributed by atoms with E-state index in [4.69, 9.17) is 5.73 Å². The van der Waals surface area contributed by atoms with E-state index in [2.05, 4.69) is 15.6 Å². The number of carbonyl (C=O) groups excluding carboxylic acids is 2. The first-order chi connectivity index (χ1) is 9.44. The van der Waals surface area contributed by atoms with Crippen LogP contribution in [0.15, 0.2) is 4.99 Å². The summed E-state index contributed by atoms with van der Waals surface area (Å²) >= 11 is 0. The number of rotatable bonds is 7. The number of imide groups is 1. The number of amides is 3. The highest BCUT2D eigenvalue weighted by molar-refractivity contribution is 6.06. The fraction of sp³-hybridized carbons (Fsp3) is 0.769. The molecule has 20 heavy (non-hydrogen) atoms. The maximum absolute atomic E-state index is 12.1. The van der Waals surface area contributed by atoms with Crippen molar-refractivity contribution < 1.29 is 9.59 Å². The van der Waals surface area contributed by atoms with Crippen LogP contribution in [-0.4, -0.2) is 48.0 Å². The smallest absolute Gasteiger partial charge is 0.325 e. The summed E-state index contributed by atoms with van der Waals surface area (Å²) in [6.45, 7) is 7.32. The summed E-state index contributed by atoms with van der Waals surface area (Å²) in [6, 6.07) is -0.313. The van der Waals surface area contributed by atoms with Crippen LogP contribution in [0, 0.1) is 0 Å². The largest absolute Gasteiger partial charge is 0.370 e. The monoisotopic (exact) mass is 283 g/mol. The summed E-state index contributed by atoms with van der Waals surface area (Å²) in [7, 11) is 0. The molecule has 0 spiro atoms. The standard InChI is InChI=1S/C13H25N5O2/c1-4-7-15-11(14)16-8-6-9-18-10(19)13(3,5-2)17-12(18)20/h4-9H2,1-3H3,(H,17,20)(H3,14,15,16). The van der Waals surface area contributed by atoms with Crippen LogP contribution in [0.3, 0.4) is 0 Å². The molecule has 0 radical (unpaired) electrons. The molecule has 0 aromatic rings. The SMILES string of the molecule is CCCN=C(N)NCCCN1C(=O)NC(C)(CC)C1=O. The van der Waals surface area contributed by atoms with Crippen molar-refractivity contribution in [2.75, 3.05) is 19.6 Å². The van der Waals surface area contributed by atoms with Crippen LogP contribution in [0.1, 0.15) is 40.0 Å². The summed E-state index contributed by atoms with van der Waals surface area (Å²) in [5.41, 5.74) is 4.89. The van der Waals surface area contributed by atoms with Gasteiger partial charge in [-0.15, -0.1) is 0 Å². The molecule has 7 heteroatoms. The first-order valence-electron chi connectivity index (χ1n) is 7.12.